The van der Waals surface area contributed by atoms with E-state index in [1.807, 2.05) is 50.5 Å². The van der Waals surface area contributed by atoms with Crippen LogP contribution in [0.3, 0.4) is 0 Å². The maximum absolute atomic E-state index is 13.5. The maximum atomic E-state index is 13.5. The molecule has 0 radical (unpaired) electrons. The van der Waals surface area contributed by atoms with E-state index in [2.05, 4.69) is 17.1 Å². The Morgan fingerprint density at radius 3 is 2.29 bits per heavy atom. The molecule has 1 amide bonds. The number of aromatic nitrogens is 5. The highest BCUT2D eigenvalue weighted by Crippen LogP contribution is 2.31. The molecule has 1 fully saturated rings. The highest BCUT2D eigenvalue weighted by Gasteiger charge is 2.27. The molecular formula is C21H28N6O. The van der Waals surface area contributed by atoms with Crippen LogP contribution < -0.4 is 0 Å². The molecule has 3 aromatic rings. The Morgan fingerprint density at radius 1 is 1.04 bits per heavy atom. The summed E-state index contributed by atoms with van der Waals surface area (Å²) < 4.78 is 3.63. The first-order valence-electron chi connectivity index (χ1n) is 9.92. The van der Waals surface area contributed by atoms with Gasteiger partial charge in [-0.2, -0.15) is 10.2 Å². The second-order valence-corrected chi connectivity index (χ2v) is 8.11. The Morgan fingerprint density at radius 2 is 1.68 bits per heavy atom. The van der Waals surface area contributed by atoms with E-state index in [0.717, 1.165) is 65.3 Å². The van der Waals surface area contributed by atoms with Crippen LogP contribution in [0, 0.1) is 26.7 Å². The van der Waals surface area contributed by atoms with Crippen molar-refractivity contribution in [1.82, 2.24) is 29.4 Å². The molecule has 0 bridgehead atoms. The van der Waals surface area contributed by atoms with Crippen molar-refractivity contribution in [2.75, 3.05) is 13.1 Å². The lowest BCUT2D eigenvalue weighted by molar-refractivity contribution is 0.0699. The standard InChI is InChI=1S/C21H28N6O/c1-12-7-9-27(10-8-12)21(28)16-11-17(18-13(2)23-25(5)15(18)4)22-20-19(16)14(3)24-26(20)6/h11-12H,7-10H2,1-6H3. The minimum absolute atomic E-state index is 0.0795. The quantitative estimate of drug-likeness (QED) is 0.685. The van der Waals surface area contributed by atoms with E-state index >= 15 is 0 Å². The summed E-state index contributed by atoms with van der Waals surface area (Å²) in [5.74, 6) is 0.758. The predicted octanol–water partition coefficient (Wildman–Crippen LogP) is 3.17. The number of pyridine rings is 1. The third-order valence-corrected chi connectivity index (χ3v) is 6.04. The van der Waals surface area contributed by atoms with Crippen LogP contribution in [0.5, 0.6) is 0 Å². The van der Waals surface area contributed by atoms with Crippen LogP contribution in [0.2, 0.25) is 0 Å². The molecule has 148 valence electrons. The van der Waals surface area contributed by atoms with E-state index in [4.69, 9.17) is 4.98 Å². The number of amides is 1. The van der Waals surface area contributed by atoms with Gasteiger partial charge < -0.3 is 4.90 Å². The van der Waals surface area contributed by atoms with Crippen molar-refractivity contribution in [2.24, 2.45) is 20.0 Å². The van der Waals surface area contributed by atoms with Gasteiger partial charge in [-0.05, 0) is 45.6 Å². The van der Waals surface area contributed by atoms with Crippen molar-refractivity contribution in [2.45, 2.75) is 40.5 Å². The van der Waals surface area contributed by atoms with Gasteiger partial charge in [-0.15, -0.1) is 0 Å². The summed E-state index contributed by atoms with van der Waals surface area (Å²) in [6, 6.07) is 1.94. The molecule has 0 atom stereocenters. The van der Waals surface area contributed by atoms with Gasteiger partial charge in [-0.1, -0.05) is 6.92 Å². The number of piperidine rings is 1. The fraction of sp³-hybridized carbons (Fsp3) is 0.524. The lowest BCUT2D eigenvalue weighted by Crippen LogP contribution is -2.38. The first-order chi connectivity index (χ1) is 13.3. The monoisotopic (exact) mass is 380 g/mol. The third kappa shape index (κ3) is 2.89. The Kier molecular flexibility index (Phi) is 4.48. The minimum atomic E-state index is 0.0795. The van der Waals surface area contributed by atoms with Crippen LogP contribution in [0.25, 0.3) is 22.3 Å². The minimum Gasteiger partial charge on any atom is -0.339 e. The fourth-order valence-corrected chi connectivity index (χ4v) is 4.27. The van der Waals surface area contributed by atoms with Crippen LogP contribution in [0.15, 0.2) is 6.07 Å². The van der Waals surface area contributed by atoms with Gasteiger partial charge in [0.15, 0.2) is 5.65 Å². The van der Waals surface area contributed by atoms with Gasteiger partial charge in [0.2, 0.25) is 0 Å². The Bertz CT molecular complexity index is 1070. The van der Waals surface area contributed by atoms with Crippen molar-refractivity contribution < 1.29 is 4.79 Å². The number of nitrogens with zero attached hydrogens (tertiary/aromatic N) is 6. The summed E-state index contributed by atoms with van der Waals surface area (Å²) in [7, 11) is 3.81. The molecule has 4 heterocycles. The lowest BCUT2D eigenvalue weighted by Gasteiger charge is -2.30. The molecule has 0 aliphatic carbocycles. The van der Waals surface area contributed by atoms with Crippen molar-refractivity contribution in [3.63, 3.8) is 0 Å². The Hall–Kier alpha value is -2.70. The van der Waals surface area contributed by atoms with Gasteiger partial charge in [0, 0.05) is 38.4 Å². The number of aryl methyl sites for hydroxylation is 4. The van der Waals surface area contributed by atoms with Gasteiger partial charge in [0.1, 0.15) is 0 Å². The van der Waals surface area contributed by atoms with E-state index in [1.165, 1.54) is 0 Å². The zero-order valence-corrected chi connectivity index (χ0v) is 17.6. The third-order valence-electron chi connectivity index (χ3n) is 6.04. The van der Waals surface area contributed by atoms with Gasteiger partial charge in [-0.25, -0.2) is 4.98 Å². The lowest BCUT2D eigenvalue weighted by atomic mass is 9.97. The fourth-order valence-electron chi connectivity index (χ4n) is 4.27. The van der Waals surface area contributed by atoms with E-state index in [1.54, 1.807) is 4.68 Å². The van der Waals surface area contributed by atoms with Crippen molar-refractivity contribution in [3.8, 4) is 11.3 Å². The molecule has 0 saturated carbocycles. The zero-order valence-electron chi connectivity index (χ0n) is 17.6. The highest BCUT2D eigenvalue weighted by atomic mass is 16.2. The number of rotatable bonds is 2. The molecule has 1 saturated heterocycles. The molecule has 1 aliphatic heterocycles. The smallest absolute Gasteiger partial charge is 0.254 e. The van der Waals surface area contributed by atoms with Gasteiger partial charge in [0.25, 0.3) is 5.91 Å². The SMILES string of the molecule is Cc1nn(C)c(C)c1-c1cc(C(=O)N2CCC(C)CC2)c2c(C)nn(C)c2n1. The van der Waals surface area contributed by atoms with Crippen molar-refractivity contribution >= 4 is 16.9 Å². The molecule has 7 nitrogen and oxygen atoms in total. The largest absolute Gasteiger partial charge is 0.339 e. The number of carbonyl (C=O) groups excluding carboxylic acids is 1. The molecule has 0 unspecified atom stereocenters. The summed E-state index contributed by atoms with van der Waals surface area (Å²) in [4.78, 5) is 20.3. The molecule has 28 heavy (non-hydrogen) atoms. The number of carbonyl (C=O) groups is 1. The Labute approximate surface area is 165 Å². The summed E-state index contributed by atoms with van der Waals surface area (Å²) in [5, 5.41) is 9.92. The molecule has 0 N–H and O–H groups in total. The Balaban J connectivity index is 1.90. The molecule has 1 aliphatic rings. The molecule has 3 aromatic heterocycles. The number of fused-ring (bicyclic) bond motifs is 1. The summed E-state index contributed by atoms with van der Waals surface area (Å²) in [6.45, 7) is 9.83. The second kappa shape index (κ2) is 6.72. The molecule has 0 spiro atoms. The molecule has 4 rings (SSSR count). The average Bonchev–Trinajstić information content (AvgIpc) is 3.09. The van der Waals surface area contributed by atoms with Crippen LogP contribution >= 0.6 is 0 Å². The maximum Gasteiger partial charge on any atom is 0.254 e. The number of hydrogen-bond donors (Lipinski definition) is 0. The van der Waals surface area contributed by atoms with E-state index in [9.17, 15) is 4.79 Å². The first-order valence-corrected chi connectivity index (χ1v) is 9.92. The van der Waals surface area contributed by atoms with Crippen LogP contribution in [0.1, 0.15) is 47.2 Å². The van der Waals surface area contributed by atoms with E-state index in [-0.39, 0.29) is 5.91 Å². The van der Waals surface area contributed by atoms with E-state index in [0.29, 0.717) is 11.5 Å². The summed E-state index contributed by atoms with van der Waals surface area (Å²) in [6.07, 6.45) is 2.11. The highest BCUT2D eigenvalue weighted by molar-refractivity contribution is 6.07. The van der Waals surface area contributed by atoms with Crippen LogP contribution in [-0.2, 0) is 14.1 Å². The molecule has 0 aromatic carbocycles. The van der Waals surface area contributed by atoms with Crippen molar-refractivity contribution in [3.05, 3.63) is 28.7 Å². The van der Waals surface area contributed by atoms with Gasteiger partial charge in [0.05, 0.1) is 28.0 Å². The summed E-state index contributed by atoms with van der Waals surface area (Å²) in [5.41, 5.74) is 6.00. The van der Waals surface area contributed by atoms with Gasteiger partial charge in [-0.3, -0.25) is 14.2 Å². The molecule has 7 heteroatoms. The second-order valence-electron chi connectivity index (χ2n) is 8.11. The normalized spacial score (nSPS) is 15.6. The summed E-state index contributed by atoms with van der Waals surface area (Å²) >= 11 is 0. The van der Waals surface area contributed by atoms with Crippen LogP contribution in [0.4, 0.5) is 0 Å². The van der Waals surface area contributed by atoms with Crippen LogP contribution in [-0.4, -0.2) is 48.4 Å². The predicted molar refractivity (Wildman–Crippen MR) is 109 cm³/mol. The number of likely N-dealkylation sites (tertiary alicyclic amines) is 1. The van der Waals surface area contributed by atoms with E-state index < -0.39 is 0 Å². The van der Waals surface area contributed by atoms with Gasteiger partial charge >= 0.3 is 0 Å². The zero-order chi connectivity index (χ0) is 20.2. The first kappa shape index (κ1) is 18.7. The molecular weight excluding hydrogens is 352 g/mol. The topological polar surface area (TPSA) is 68.8 Å². The number of hydrogen-bond acceptors (Lipinski definition) is 4. The average molecular weight is 380 g/mol. The van der Waals surface area contributed by atoms with Crippen molar-refractivity contribution in [1.29, 1.82) is 0 Å².